The quantitative estimate of drug-likeness (QED) is 0.437. The first-order valence-corrected chi connectivity index (χ1v) is 7.53. The fourth-order valence-corrected chi connectivity index (χ4v) is 2.23. The van der Waals surface area contributed by atoms with Crippen LogP contribution in [0.15, 0.2) is 28.4 Å². The van der Waals surface area contributed by atoms with Crippen LogP contribution >= 0.6 is 15.9 Å². The maximum absolute atomic E-state index is 11.0. The van der Waals surface area contributed by atoms with Crippen molar-refractivity contribution in [3.63, 3.8) is 0 Å². The van der Waals surface area contributed by atoms with E-state index < -0.39 is 0 Å². The number of amides is 1. The van der Waals surface area contributed by atoms with Crippen LogP contribution in [-0.2, 0) is 4.79 Å². The van der Waals surface area contributed by atoms with Gasteiger partial charge in [-0.15, -0.1) is 0 Å². The van der Waals surface area contributed by atoms with Crippen molar-refractivity contribution in [3.05, 3.63) is 23.4 Å². The highest BCUT2D eigenvalue weighted by Gasteiger charge is 2.08. The molecule has 0 bridgehead atoms. The predicted octanol–water partition coefficient (Wildman–Crippen LogP) is 3.36. The Kier molecular flexibility index (Phi) is 7.65. The van der Waals surface area contributed by atoms with Crippen LogP contribution in [0.4, 0.5) is 0 Å². The van der Waals surface area contributed by atoms with Gasteiger partial charge in [-0.05, 0) is 43.3 Å². The van der Waals surface area contributed by atoms with Gasteiger partial charge in [0.05, 0.1) is 0 Å². The van der Waals surface area contributed by atoms with Gasteiger partial charge in [-0.3, -0.25) is 9.79 Å². The van der Waals surface area contributed by atoms with E-state index in [1.807, 2.05) is 12.4 Å². The lowest BCUT2D eigenvalue weighted by atomic mass is 10.0. The molecule has 0 spiro atoms. The van der Waals surface area contributed by atoms with E-state index in [1.165, 1.54) is 24.0 Å². The molecule has 1 rings (SSSR count). The molecule has 1 aliphatic rings. The van der Waals surface area contributed by atoms with E-state index in [9.17, 15) is 4.79 Å². The number of halogens is 1. The van der Waals surface area contributed by atoms with Crippen molar-refractivity contribution in [2.24, 2.45) is 4.99 Å². The lowest BCUT2D eigenvalue weighted by Gasteiger charge is -2.11. The summed E-state index contributed by atoms with van der Waals surface area (Å²) >= 11 is 3.44. The summed E-state index contributed by atoms with van der Waals surface area (Å²) in [5.41, 5.74) is 2.58. The monoisotopic (exact) mass is 312 g/mol. The SMILES string of the molecule is CN=C/C(=C\CC1=CNC(=O)CC1)CCCCBr. The molecular weight excluding hydrogens is 292 g/mol. The second-order valence-corrected chi connectivity index (χ2v) is 5.18. The lowest BCUT2D eigenvalue weighted by Crippen LogP contribution is -2.21. The number of allylic oxidation sites excluding steroid dienone is 3. The van der Waals surface area contributed by atoms with E-state index in [4.69, 9.17) is 0 Å². The van der Waals surface area contributed by atoms with Gasteiger partial charge in [-0.2, -0.15) is 0 Å². The molecule has 18 heavy (non-hydrogen) atoms. The second-order valence-electron chi connectivity index (χ2n) is 4.39. The van der Waals surface area contributed by atoms with Gasteiger partial charge in [-0.1, -0.05) is 22.0 Å². The molecule has 0 radical (unpaired) electrons. The number of nitrogens with zero attached hydrogens (tertiary/aromatic N) is 1. The molecule has 0 fully saturated rings. The molecule has 0 aromatic rings. The van der Waals surface area contributed by atoms with Crippen LogP contribution in [0.25, 0.3) is 0 Å². The maximum atomic E-state index is 11.0. The van der Waals surface area contributed by atoms with Crippen LogP contribution in [-0.4, -0.2) is 24.5 Å². The molecule has 0 unspecified atom stereocenters. The van der Waals surface area contributed by atoms with Crippen LogP contribution in [0.3, 0.4) is 0 Å². The molecule has 0 saturated heterocycles. The number of hydrogen-bond donors (Lipinski definition) is 1. The summed E-state index contributed by atoms with van der Waals surface area (Å²) in [6.45, 7) is 0. The van der Waals surface area contributed by atoms with Crippen LogP contribution in [0.2, 0.25) is 0 Å². The Morgan fingerprint density at radius 1 is 1.50 bits per heavy atom. The number of alkyl halides is 1. The Morgan fingerprint density at radius 3 is 2.94 bits per heavy atom. The van der Waals surface area contributed by atoms with E-state index in [0.717, 1.165) is 24.6 Å². The van der Waals surface area contributed by atoms with Gasteiger partial charge >= 0.3 is 0 Å². The number of carbonyl (C=O) groups excluding carboxylic acids is 1. The zero-order chi connectivity index (χ0) is 13.2. The average molecular weight is 313 g/mol. The van der Waals surface area contributed by atoms with E-state index in [0.29, 0.717) is 6.42 Å². The lowest BCUT2D eigenvalue weighted by molar-refractivity contribution is -0.120. The highest BCUT2D eigenvalue weighted by Crippen LogP contribution is 2.16. The van der Waals surface area contributed by atoms with Gasteiger partial charge in [-0.25, -0.2) is 0 Å². The minimum absolute atomic E-state index is 0.121. The fourth-order valence-electron chi connectivity index (χ4n) is 1.83. The molecule has 0 aromatic carbocycles. The number of rotatable bonds is 7. The minimum atomic E-state index is 0.121. The van der Waals surface area contributed by atoms with Gasteiger partial charge < -0.3 is 5.32 Å². The average Bonchev–Trinajstić information content (AvgIpc) is 2.38. The number of carbonyl (C=O) groups is 1. The van der Waals surface area contributed by atoms with Crippen molar-refractivity contribution in [1.29, 1.82) is 0 Å². The van der Waals surface area contributed by atoms with Gasteiger partial charge in [0.2, 0.25) is 5.91 Å². The van der Waals surface area contributed by atoms with Crippen molar-refractivity contribution < 1.29 is 4.79 Å². The van der Waals surface area contributed by atoms with Gasteiger partial charge in [0.25, 0.3) is 0 Å². The van der Waals surface area contributed by atoms with Gasteiger partial charge in [0.15, 0.2) is 0 Å². The van der Waals surface area contributed by atoms with Crippen molar-refractivity contribution >= 4 is 28.1 Å². The normalized spacial score (nSPS) is 16.9. The molecule has 1 aliphatic heterocycles. The predicted molar refractivity (Wildman–Crippen MR) is 80.2 cm³/mol. The van der Waals surface area contributed by atoms with Crippen molar-refractivity contribution in [2.75, 3.05) is 12.4 Å². The third-order valence-corrected chi connectivity index (χ3v) is 3.44. The standard InChI is InChI=1S/C14H21BrN2O/c1-16-10-12(4-2-3-9-15)5-6-13-7-8-14(18)17-11-13/h5,10-11H,2-4,6-9H2,1H3,(H,17,18)/b12-5-,16-10?. The van der Waals surface area contributed by atoms with E-state index in [1.54, 1.807) is 7.05 Å². The van der Waals surface area contributed by atoms with E-state index in [2.05, 4.69) is 32.3 Å². The number of aliphatic imine (C=N–C) groups is 1. The molecule has 1 heterocycles. The van der Waals surface area contributed by atoms with Gasteiger partial charge in [0, 0.05) is 31.2 Å². The molecule has 4 heteroatoms. The molecule has 0 saturated carbocycles. The summed E-state index contributed by atoms with van der Waals surface area (Å²) in [5, 5.41) is 3.83. The molecule has 1 N–H and O–H groups in total. The Bertz CT molecular complexity index is 359. The van der Waals surface area contributed by atoms with Crippen LogP contribution in [0.5, 0.6) is 0 Å². The van der Waals surface area contributed by atoms with Crippen LogP contribution in [0, 0.1) is 0 Å². The summed E-state index contributed by atoms with van der Waals surface area (Å²) in [6.07, 6.45) is 11.9. The Balaban J connectivity index is 2.46. The summed E-state index contributed by atoms with van der Waals surface area (Å²) in [6, 6.07) is 0. The fraction of sp³-hybridized carbons (Fsp3) is 0.571. The second kappa shape index (κ2) is 9.09. The van der Waals surface area contributed by atoms with Crippen molar-refractivity contribution in [2.45, 2.75) is 38.5 Å². The third-order valence-electron chi connectivity index (χ3n) is 2.88. The summed E-state index contributed by atoms with van der Waals surface area (Å²) in [7, 11) is 1.80. The Morgan fingerprint density at radius 2 is 2.33 bits per heavy atom. The molecule has 3 nitrogen and oxygen atoms in total. The largest absolute Gasteiger partial charge is 0.333 e. The van der Waals surface area contributed by atoms with Gasteiger partial charge in [0.1, 0.15) is 0 Å². The first-order valence-electron chi connectivity index (χ1n) is 6.40. The summed E-state index contributed by atoms with van der Waals surface area (Å²) in [5.74, 6) is 0.121. The summed E-state index contributed by atoms with van der Waals surface area (Å²) < 4.78 is 0. The highest BCUT2D eigenvalue weighted by molar-refractivity contribution is 9.09. The summed E-state index contributed by atoms with van der Waals surface area (Å²) in [4.78, 5) is 15.1. The minimum Gasteiger partial charge on any atom is -0.333 e. The molecular formula is C14H21BrN2O. The number of nitrogens with one attached hydrogen (secondary N) is 1. The zero-order valence-electron chi connectivity index (χ0n) is 10.9. The number of unbranched alkanes of at least 4 members (excludes halogenated alkanes) is 1. The Hall–Kier alpha value is -0.900. The van der Waals surface area contributed by atoms with E-state index >= 15 is 0 Å². The van der Waals surface area contributed by atoms with Crippen LogP contribution < -0.4 is 5.32 Å². The van der Waals surface area contributed by atoms with Crippen LogP contribution in [0.1, 0.15) is 38.5 Å². The molecule has 0 atom stereocenters. The molecule has 1 amide bonds. The highest BCUT2D eigenvalue weighted by atomic mass is 79.9. The van der Waals surface area contributed by atoms with Crippen molar-refractivity contribution in [3.8, 4) is 0 Å². The molecule has 0 aromatic heterocycles. The zero-order valence-corrected chi connectivity index (χ0v) is 12.5. The van der Waals surface area contributed by atoms with Crippen molar-refractivity contribution in [1.82, 2.24) is 5.32 Å². The first kappa shape index (κ1) is 15.2. The molecule has 100 valence electrons. The maximum Gasteiger partial charge on any atom is 0.224 e. The van der Waals surface area contributed by atoms with E-state index in [-0.39, 0.29) is 5.91 Å². The third kappa shape index (κ3) is 6.15. The molecule has 0 aliphatic carbocycles. The number of hydrogen-bond acceptors (Lipinski definition) is 2. The topological polar surface area (TPSA) is 41.5 Å². The smallest absolute Gasteiger partial charge is 0.224 e. The Labute approximate surface area is 118 Å². The first-order chi connectivity index (χ1) is 8.76.